The fourth-order valence-electron chi connectivity index (χ4n) is 2.12. The minimum Gasteiger partial charge on any atom is -0.304 e. The van der Waals surface area contributed by atoms with E-state index in [-0.39, 0.29) is 6.04 Å². The van der Waals surface area contributed by atoms with Crippen molar-refractivity contribution in [2.45, 2.75) is 39.8 Å². The molecule has 0 aliphatic carbocycles. The summed E-state index contributed by atoms with van der Waals surface area (Å²) in [4.78, 5) is 1.34. The molecule has 3 nitrogen and oxygen atoms in total. The summed E-state index contributed by atoms with van der Waals surface area (Å²) in [7, 11) is 0. The summed E-state index contributed by atoms with van der Waals surface area (Å²) in [6, 6.07) is 4.60. The van der Waals surface area contributed by atoms with Crippen molar-refractivity contribution in [3.8, 4) is 0 Å². The van der Waals surface area contributed by atoms with Crippen LogP contribution < -0.4 is 5.32 Å². The fraction of sp³-hybridized carbons (Fsp3) is 0.500. The molecule has 0 bridgehead atoms. The van der Waals surface area contributed by atoms with Gasteiger partial charge in [-0.1, -0.05) is 6.92 Å². The molecule has 2 aromatic heterocycles. The maximum atomic E-state index is 4.39. The predicted molar refractivity (Wildman–Crippen MR) is 84.8 cm³/mol. The number of thiophene rings is 1. The Bertz CT molecular complexity index is 513. The van der Waals surface area contributed by atoms with Crippen LogP contribution in [0.4, 0.5) is 0 Å². The molecule has 0 aromatic carbocycles. The summed E-state index contributed by atoms with van der Waals surface area (Å²) in [5.74, 6) is 0. The molecule has 2 rings (SSSR count). The third-order valence-corrected chi connectivity index (χ3v) is 5.31. The molecule has 1 unspecified atom stereocenters. The number of nitrogens with one attached hydrogen (secondary N) is 1. The zero-order valence-electron chi connectivity index (χ0n) is 11.6. The van der Waals surface area contributed by atoms with Gasteiger partial charge in [-0.3, -0.25) is 4.68 Å². The van der Waals surface area contributed by atoms with Gasteiger partial charge in [0.25, 0.3) is 0 Å². The normalized spacial score (nSPS) is 12.8. The average Bonchev–Trinajstić information content (AvgIpc) is 2.98. The van der Waals surface area contributed by atoms with Gasteiger partial charge in [-0.15, -0.1) is 11.3 Å². The van der Waals surface area contributed by atoms with Crippen LogP contribution in [0.25, 0.3) is 0 Å². The van der Waals surface area contributed by atoms with Crippen LogP contribution in [-0.4, -0.2) is 16.3 Å². The number of aromatic nitrogens is 2. The van der Waals surface area contributed by atoms with Gasteiger partial charge in [0.1, 0.15) is 0 Å². The molecular formula is C14H20BrN3S. The zero-order chi connectivity index (χ0) is 13.8. The Balaban J connectivity index is 2.35. The van der Waals surface area contributed by atoms with Crippen molar-refractivity contribution in [2.75, 3.05) is 6.54 Å². The minimum atomic E-state index is 0.234. The molecule has 0 radical (unpaired) electrons. The van der Waals surface area contributed by atoms with E-state index in [9.17, 15) is 0 Å². The Hall–Kier alpha value is -0.650. The molecule has 0 saturated carbocycles. The Kier molecular flexibility index (Phi) is 5.19. The van der Waals surface area contributed by atoms with E-state index in [1.54, 1.807) is 11.3 Å². The second kappa shape index (κ2) is 6.68. The van der Waals surface area contributed by atoms with Crippen molar-refractivity contribution in [3.63, 3.8) is 0 Å². The highest BCUT2D eigenvalue weighted by Crippen LogP contribution is 2.34. The molecule has 0 aliphatic heterocycles. The monoisotopic (exact) mass is 341 g/mol. The highest BCUT2D eigenvalue weighted by atomic mass is 79.9. The van der Waals surface area contributed by atoms with E-state index < -0.39 is 0 Å². The predicted octanol–water partition coefficient (Wildman–Crippen LogP) is 4.12. The fourth-order valence-corrected chi connectivity index (χ4v) is 3.78. The molecule has 5 heteroatoms. The molecule has 1 N–H and O–H groups in total. The van der Waals surface area contributed by atoms with Crippen molar-refractivity contribution in [2.24, 2.45) is 0 Å². The topological polar surface area (TPSA) is 29.9 Å². The van der Waals surface area contributed by atoms with Gasteiger partial charge < -0.3 is 5.32 Å². The summed E-state index contributed by atoms with van der Waals surface area (Å²) >= 11 is 5.42. The highest BCUT2D eigenvalue weighted by molar-refractivity contribution is 9.11. The molecule has 104 valence electrons. The number of halogens is 1. The third kappa shape index (κ3) is 3.27. The summed E-state index contributed by atoms with van der Waals surface area (Å²) in [6.07, 6.45) is 3.01. The zero-order valence-corrected chi connectivity index (χ0v) is 14.0. The van der Waals surface area contributed by atoms with Crippen molar-refractivity contribution >= 4 is 27.3 Å². The van der Waals surface area contributed by atoms with Crippen LogP contribution in [-0.2, 0) is 6.54 Å². The molecule has 1 atom stereocenters. The molecule has 0 fully saturated rings. The second-order valence-electron chi connectivity index (χ2n) is 4.56. The van der Waals surface area contributed by atoms with Gasteiger partial charge in [0.2, 0.25) is 0 Å². The molecule has 2 heterocycles. The molecule has 2 aromatic rings. The van der Waals surface area contributed by atoms with Gasteiger partial charge in [0.15, 0.2) is 0 Å². The number of hydrogen-bond acceptors (Lipinski definition) is 3. The first kappa shape index (κ1) is 14.8. The van der Waals surface area contributed by atoms with Crippen LogP contribution in [0.15, 0.2) is 22.1 Å². The van der Waals surface area contributed by atoms with E-state index in [0.29, 0.717) is 0 Å². The van der Waals surface area contributed by atoms with E-state index in [4.69, 9.17) is 0 Å². The lowest BCUT2D eigenvalue weighted by molar-refractivity contribution is 0.534. The van der Waals surface area contributed by atoms with Gasteiger partial charge in [-0.05, 0) is 60.4 Å². The molecule has 0 amide bonds. The van der Waals surface area contributed by atoms with Crippen LogP contribution in [0, 0.1) is 6.92 Å². The summed E-state index contributed by atoms with van der Waals surface area (Å²) in [6.45, 7) is 8.37. The van der Waals surface area contributed by atoms with E-state index in [0.717, 1.165) is 19.5 Å². The van der Waals surface area contributed by atoms with Crippen LogP contribution in [0.5, 0.6) is 0 Å². The van der Waals surface area contributed by atoms with Gasteiger partial charge >= 0.3 is 0 Å². The van der Waals surface area contributed by atoms with E-state index in [1.807, 2.05) is 6.20 Å². The molecule has 0 saturated heterocycles. The standard InChI is InChI=1S/C14H20BrN3S/c1-4-7-16-13(11-6-8-17-18(11)5-2)12-9-10(3)14(15)19-12/h6,8-9,13,16H,4-5,7H2,1-3H3. The molecule has 0 aliphatic rings. The Labute approximate surface area is 127 Å². The van der Waals surface area contributed by atoms with Gasteiger partial charge in [-0.2, -0.15) is 5.10 Å². The van der Waals surface area contributed by atoms with Crippen molar-refractivity contribution < 1.29 is 0 Å². The van der Waals surface area contributed by atoms with E-state index in [1.165, 1.54) is 19.9 Å². The lowest BCUT2D eigenvalue weighted by atomic mass is 10.1. The number of aryl methyl sites for hydroxylation is 2. The van der Waals surface area contributed by atoms with Crippen LogP contribution in [0.1, 0.15) is 42.4 Å². The van der Waals surface area contributed by atoms with Crippen LogP contribution in [0.2, 0.25) is 0 Å². The average molecular weight is 342 g/mol. The maximum Gasteiger partial charge on any atom is 0.0842 e. The quantitative estimate of drug-likeness (QED) is 0.856. The van der Waals surface area contributed by atoms with Crippen molar-refractivity contribution in [3.05, 3.63) is 38.3 Å². The summed E-state index contributed by atoms with van der Waals surface area (Å²) < 4.78 is 3.28. The molecular weight excluding hydrogens is 322 g/mol. The van der Waals surface area contributed by atoms with Crippen molar-refractivity contribution in [1.82, 2.24) is 15.1 Å². The lowest BCUT2D eigenvalue weighted by Crippen LogP contribution is -2.25. The number of nitrogens with zero attached hydrogens (tertiary/aromatic N) is 2. The molecule has 0 spiro atoms. The van der Waals surface area contributed by atoms with Gasteiger partial charge in [0, 0.05) is 17.6 Å². The first-order valence-corrected chi connectivity index (χ1v) is 8.29. The van der Waals surface area contributed by atoms with Crippen LogP contribution >= 0.6 is 27.3 Å². The van der Waals surface area contributed by atoms with E-state index in [2.05, 4.69) is 63.9 Å². The Morgan fingerprint density at radius 3 is 2.84 bits per heavy atom. The van der Waals surface area contributed by atoms with Crippen LogP contribution in [0.3, 0.4) is 0 Å². The van der Waals surface area contributed by atoms with Gasteiger partial charge in [0.05, 0.1) is 15.5 Å². The summed E-state index contributed by atoms with van der Waals surface area (Å²) in [5.41, 5.74) is 2.54. The summed E-state index contributed by atoms with van der Waals surface area (Å²) in [5, 5.41) is 8.02. The first-order valence-electron chi connectivity index (χ1n) is 6.68. The van der Waals surface area contributed by atoms with Gasteiger partial charge in [-0.25, -0.2) is 0 Å². The Morgan fingerprint density at radius 1 is 1.47 bits per heavy atom. The van der Waals surface area contributed by atoms with Crippen molar-refractivity contribution in [1.29, 1.82) is 0 Å². The molecule has 19 heavy (non-hydrogen) atoms. The van der Waals surface area contributed by atoms with E-state index >= 15 is 0 Å². The third-order valence-electron chi connectivity index (χ3n) is 3.10. The largest absolute Gasteiger partial charge is 0.304 e. The second-order valence-corrected chi connectivity index (χ2v) is 6.97. The lowest BCUT2D eigenvalue weighted by Gasteiger charge is -2.18. The maximum absolute atomic E-state index is 4.39. The SMILES string of the molecule is CCCNC(c1cc(C)c(Br)s1)c1ccnn1CC. The number of hydrogen-bond donors (Lipinski definition) is 1. The number of rotatable bonds is 6. The first-order chi connectivity index (χ1) is 9.17. The Morgan fingerprint density at radius 2 is 2.26 bits per heavy atom. The minimum absolute atomic E-state index is 0.234. The highest BCUT2D eigenvalue weighted by Gasteiger charge is 2.20. The smallest absolute Gasteiger partial charge is 0.0842 e.